The Morgan fingerprint density at radius 2 is 2.00 bits per heavy atom. The summed E-state index contributed by atoms with van der Waals surface area (Å²) in [4.78, 5) is 22.4. The van der Waals surface area contributed by atoms with Crippen LogP contribution in [0.3, 0.4) is 0 Å². The number of hydrogen-bond acceptors (Lipinski definition) is 3. The zero-order chi connectivity index (χ0) is 12.4. The number of aryl methyl sites for hydroxylation is 1. The highest BCUT2D eigenvalue weighted by Crippen LogP contribution is 2.04. The first-order chi connectivity index (χ1) is 8.08. The topological polar surface area (TPSA) is 82.9 Å². The van der Waals surface area contributed by atoms with Crippen molar-refractivity contribution in [1.29, 1.82) is 0 Å². The van der Waals surface area contributed by atoms with Crippen LogP contribution in [-0.2, 0) is 13.6 Å². The van der Waals surface area contributed by atoms with E-state index < -0.39 is 5.91 Å². The maximum absolute atomic E-state index is 11.5. The molecular formula is C11H12N4O2. The fourth-order valence-electron chi connectivity index (χ4n) is 1.48. The molecule has 0 unspecified atom stereocenters. The molecule has 2 rings (SSSR count). The first-order valence-electron chi connectivity index (χ1n) is 5.05. The molecule has 0 radical (unpaired) electrons. The summed E-state index contributed by atoms with van der Waals surface area (Å²) in [5, 5.41) is 3.94. The summed E-state index contributed by atoms with van der Waals surface area (Å²) in [5.41, 5.74) is 6.29. The Bertz CT molecular complexity index is 595. The number of primary amides is 1. The second-order valence-corrected chi connectivity index (χ2v) is 3.74. The maximum atomic E-state index is 11.5. The Labute approximate surface area is 97.3 Å². The lowest BCUT2D eigenvalue weighted by atomic mass is 10.1. The number of aromatic nitrogens is 3. The normalized spacial score (nSPS) is 10.4. The summed E-state index contributed by atoms with van der Waals surface area (Å²) in [5.74, 6) is -0.466. The van der Waals surface area contributed by atoms with Crippen LogP contribution in [0.15, 0.2) is 35.4 Å². The van der Waals surface area contributed by atoms with Crippen LogP contribution in [0.25, 0.3) is 0 Å². The number of hydrogen-bond donors (Lipinski definition) is 1. The van der Waals surface area contributed by atoms with Crippen molar-refractivity contribution in [2.24, 2.45) is 12.8 Å². The van der Waals surface area contributed by atoms with Gasteiger partial charge < -0.3 is 5.73 Å². The Morgan fingerprint density at radius 1 is 1.35 bits per heavy atom. The third-order valence-electron chi connectivity index (χ3n) is 2.46. The van der Waals surface area contributed by atoms with Gasteiger partial charge in [0.15, 0.2) is 0 Å². The zero-order valence-corrected chi connectivity index (χ0v) is 9.33. The van der Waals surface area contributed by atoms with E-state index in [1.807, 2.05) is 0 Å². The van der Waals surface area contributed by atoms with Gasteiger partial charge in [0.2, 0.25) is 5.91 Å². The summed E-state index contributed by atoms with van der Waals surface area (Å²) in [6.07, 6.45) is 1.46. The minimum Gasteiger partial charge on any atom is -0.366 e. The molecule has 0 aliphatic heterocycles. The molecule has 0 saturated heterocycles. The third kappa shape index (κ3) is 2.25. The zero-order valence-electron chi connectivity index (χ0n) is 9.33. The van der Waals surface area contributed by atoms with Gasteiger partial charge in [0.1, 0.15) is 6.33 Å². The summed E-state index contributed by atoms with van der Waals surface area (Å²) < 4.78 is 2.75. The number of carbonyl (C=O) groups is 1. The maximum Gasteiger partial charge on any atom is 0.345 e. The van der Waals surface area contributed by atoms with E-state index in [4.69, 9.17) is 5.73 Å². The van der Waals surface area contributed by atoms with Crippen LogP contribution in [0, 0.1) is 0 Å². The van der Waals surface area contributed by atoms with E-state index in [2.05, 4.69) is 5.10 Å². The Kier molecular flexibility index (Phi) is 2.78. The predicted octanol–water partition coefficient (Wildman–Crippen LogP) is -0.271. The van der Waals surface area contributed by atoms with Crippen LogP contribution in [0.5, 0.6) is 0 Å². The fraction of sp³-hybridized carbons (Fsp3) is 0.182. The summed E-state index contributed by atoms with van der Waals surface area (Å²) >= 11 is 0. The van der Waals surface area contributed by atoms with Crippen LogP contribution in [0.2, 0.25) is 0 Å². The Morgan fingerprint density at radius 3 is 2.47 bits per heavy atom. The molecule has 0 aliphatic carbocycles. The first-order valence-corrected chi connectivity index (χ1v) is 5.05. The number of rotatable bonds is 3. The molecule has 0 bridgehead atoms. The fourth-order valence-corrected chi connectivity index (χ4v) is 1.48. The average Bonchev–Trinajstić information content (AvgIpc) is 2.62. The van der Waals surface area contributed by atoms with Gasteiger partial charge in [0, 0.05) is 12.6 Å². The van der Waals surface area contributed by atoms with Crippen LogP contribution in [0.1, 0.15) is 15.9 Å². The molecule has 1 heterocycles. The molecule has 6 heteroatoms. The minimum atomic E-state index is -0.466. The lowest BCUT2D eigenvalue weighted by Crippen LogP contribution is -2.23. The van der Waals surface area contributed by atoms with E-state index in [9.17, 15) is 9.59 Å². The number of benzene rings is 1. The molecule has 2 aromatic rings. The molecule has 88 valence electrons. The van der Waals surface area contributed by atoms with Gasteiger partial charge in [-0.3, -0.25) is 9.36 Å². The molecular weight excluding hydrogens is 220 g/mol. The monoisotopic (exact) mass is 232 g/mol. The van der Waals surface area contributed by atoms with Crippen molar-refractivity contribution in [3.63, 3.8) is 0 Å². The Balaban J connectivity index is 2.22. The quantitative estimate of drug-likeness (QED) is 0.790. The number of nitrogens with two attached hydrogens (primary N) is 1. The van der Waals surface area contributed by atoms with Crippen molar-refractivity contribution in [2.45, 2.75) is 6.54 Å². The van der Waals surface area contributed by atoms with Crippen molar-refractivity contribution < 1.29 is 4.79 Å². The second kappa shape index (κ2) is 4.25. The van der Waals surface area contributed by atoms with Gasteiger partial charge in [0.25, 0.3) is 0 Å². The highest BCUT2D eigenvalue weighted by molar-refractivity contribution is 5.92. The van der Waals surface area contributed by atoms with Gasteiger partial charge in [-0.1, -0.05) is 12.1 Å². The van der Waals surface area contributed by atoms with Gasteiger partial charge in [-0.2, -0.15) is 5.10 Å². The van der Waals surface area contributed by atoms with Crippen molar-refractivity contribution in [3.05, 3.63) is 52.2 Å². The molecule has 0 saturated carbocycles. The smallest absolute Gasteiger partial charge is 0.345 e. The van der Waals surface area contributed by atoms with Gasteiger partial charge in [-0.05, 0) is 17.7 Å². The molecule has 0 atom stereocenters. The summed E-state index contributed by atoms with van der Waals surface area (Å²) in [7, 11) is 1.64. The van der Waals surface area contributed by atoms with Crippen molar-refractivity contribution >= 4 is 5.91 Å². The van der Waals surface area contributed by atoms with E-state index in [0.717, 1.165) is 5.56 Å². The predicted molar refractivity (Wildman–Crippen MR) is 61.5 cm³/mol. The van der Waals surface area contributed by atoms with Gasteiger partial charge in [-0.15, -0.1) is 0 Å². The molecule has 17 heavy (non-hydrogen) atoms. The van der Waals surface area contributed by atoms with Gasteiger partial charge in [-0.25, -0.2) is 9.48 Å². The average molecular weight is 232 g/mol. The number of nitrogens with zero attached hydrogens (tertiary/aromatic N) is 3. The van der Waals surface area contributed by atoms with Gasteiger partial charge >= 0.3 is 5.69 Å². The standard InChI is InChI=1S/C11H12N4O2/c1-14-7-13-15(11(14)17)6-8-2-4-9(5-3-8)10(12)16/h2-5,7H,6H2,1H3,(H2,12,16). The largest absolute Gasteiger partial charge is 0.366 e. The molecule has 6 nitrogen and oxygen atoms in total. The van der Waals surface area contributed by atoms with E-state index in [1.54, 1.807) is 31.3 Å². The molecule has 1 aromatic heterocycles. The molecule has 1 amide bonds. The van der Waals surface area contributed by atoms with Crippen LogP contribution in [-0.4, -0.2) is 20.3 Å². The van der Waals surface area contributed by atoms with Crippen LogP contribution in [0.4, 0.5) is 0 Å². The van der Waals surface area contributed by atoms with Crippen molar-refractivity contribution in [2.75, 3.05) is 0 Å². The number of amides is 1. The highest BCUT2D eigenvalue weighted by Gasteiger charge is 2.04. The number of carbonyl (C=O) groups excluding carboxylic acids is 1. The van der Waals surface area contributed by atoms with Crippen molar-refractivity contribution in [3.8, 4) is 0 Å². The van der Waals surface area contributed by atoms with E-state index in [0.29, 0.717) is 12.1 Å². The molecule has 0 fully saturated rings. The first kappa shape index (κ1) is 11.1. The van der Waals surface area contributed by atoms with E-state index >= 15 is 0 Å². The van der Waals surface area contributed by atoms with E-state index in [-0.39, 0.29) is 5.69 Å². The van der Waals surface area contributed by atoms with Crippen LogP contribution < -0.4 is 11.4 Å². The lowest BCUT2D eigenvalue weighted by molar-refractivity contribution is 0.100. The Hall–Kier alpha value is -2.37. The lowest BCUT2D eigenvalue weighted by Gasteiger charge is -2.01. The molecule has 0 spiro atoms. The highest BCUT2D eigenvalue weighted by atomic mass is 16.2. The van der Waals surface area contributed by atoms with Crippen molar-refractivity contribution in [1.82, 2.24) is 14.3 Å². The SMILES string of the molecule is Cn1cnn(Cc2ccc(C(N)=O)cc2)c1=O. The second-order valence-electron chi connectivity index (χ2n) is 3.74. The molecule has 1 aromatic carbocycles. The molecule has 0 aliphatic rings. The van der Waals surface area contributed by atoms with Gasteiger partial charge in [0.05, 0.1) is 6.54 Å². The summed E-state index contributed by atoms with van der Waals surface area (Å²) in [6, 6.07) is 6.76. The summed E-state index contributed by atoms with van der Waals surface area (Å²) in [6.45, 7) is 0.374. The molecule has 2 N–H and O–H groups in total. The van der Waals surface area contributed by atoms with Crippen LogP contribution >= 0.6 is 0 Å². The third-order valence-corrected chi connectivity index (χ3v) is 2.46. The minimum absolute atomic E-state index is 0.177. The van der Waals surface area contributed by atoms with E-state index in [1.165, 1.54) is 15.6 Å².